The number of hydrogen-bond donors (Lipinski definition) is 0. The standard InChI is InChI=1S/C17H17Cl2N3O5S2/c1-28(24,25)17-20-8-14(19)15(21-17)16(23)22(13-5-6-29(26,27)10-13)9-11-3-2-4-12(18)7-11/h2-4,7-8,13H,5-6,9-10H2,1H3/t13-/m0/s1. The number of halogens is 2. The molecule has 3 rings (SSSR count). The molecular formula is C17H17Cl2N3O5S2. The summed E-state index contributed by atoms with van der Waals surface area (Å²) in [4.78, 5) is 22.1. The summed E-state index contributed by atoms with van der Waals surface area (Å²) in [6, 6.07) is 6.20. The van der Waals surface area contributed by atoms with Crippen LogP contribution in [0.3, 0.4) is 0 Å². The molecule has 1 fully saturated rings. The SMILES string of the molecule is CS(=O)(=O)c1ncc(Cl)c(C(=O)N(Cc2cccc(Cl)c2)[C@H]2CCS(=O)(=O)C2)n1. The zero-order valence-electron chi connectivity index (χ0n) is 15.2. The molecule has 1 aliphatic rings. The van der Waals surface area contributed by atoms with E-state index < -0.39 is 36.8 Å². The number of benzene rings is 1. The number of carbonyl (C=O) groups excluding carboxylic acids is 1. The smallest absolute Gasteiger partial charge is 0.274 e. The first-order chi connectivity index (χ1) is 13.5. The zero-order chi connectivity index (χ0) is 21.4. The molecule has 1 amide bonds. The van der Waals surface area contributed by atoms with Gasteiger partial charge in [-0.1, -0.05) is 35.3 Å². The van der Waals surface area contributed by atoms with Crippen LogP contribution in [0, 0.1) is 0 Å². The minimum atomic E-state index is -3.77. The van der Waals surface area contributed by atoms with Gasteiger partial charge in [0.1, 0.15) is 0 Å². The van der Waals surface area contributed by atoms with Gasteiger partial charge in [0.25, 0.3) is 5.91 Å². The molecule has 0 spiro atoms. The van der Waals surface area contributed by atoms with Gasteiger partial charge < -0.3 is 4.90 Å². The van der Waals surface area contributed by atoms with Crippen LogP contribution in [-0.2, 0) is 26.2 Å². The van der Waals surface area contributed by atoms with Crippen molar-refractivity contribution in [3.63, 3.8) is 0 Å². The van der Waals surface area contributed by atoms with E-state index in [4.69, 9.17) is 23.2 Å². The maximum Gasteiger partial charge on any atom is 0.274 e. The predicted molar refractivity (Wildman–Crippen MR) is 109 cm³/mol. The molecule has 1 atom stereocenters. The van der Waals surface area contributed by atoms with Crippen molar-refractivity contribution < 1.29 is 21.6 Å². The van der Waals surface area contributed by atoms with Crippen molar-refractivity contribution in [2.24, 2.45) is 0 Å². The van der Waals surface area contributed by atoms with Crippen molar-refractivity contribution in [2.45, 2.75) is 24.2 Å². The lowest BCUT2D eigenvalue weighted by molar-refractivity contribution is 0.0674. The normalized spacial score (nSPS) is 18.5. The Morgan fingerprint density at radius 1 is 1.31 bits per heavy atom. The van der Waals surface area contributed by atoms with Crippen LogP contribution in [0.2, 0.25) is 10.0 Å². The van der Waals surface area contributed by atoms with Crippen molar-refractivity contribution in [1.82, 2.24) is 14.9 Å². The van der Waals surface area contributed by atoms with E-state index in [9.17, 15) is 21.6 Å². The van der Waals surface area contributed by atoms with Crippen LogP contribution in [0.25, 0.3) is 0 Å². The number of sulfone groups is 2. The molecule has 2 heterocycles. The largest absolute Gasteiger partial charge is 0.329 e. The summed E-state index contributed by atoms with van der Waals surface area (Å²) in [6.07, 6.45) is 2.22. The Bertz CT molecular complexity index is 1170. The van der Waals surface area contributed by atoms with Crippen molar-refractivity contribution in [1.29, 1.82) is 0 Å². The molecule has 0 bridgehead atoms. The number of hydrogen-bond acceptors (Lipinski definition) is 7. The predicted octanol–water partition coefficient (Wildman–Crippen LogP) is 2.02. The average Bonchev–Trinajstić information content (AvgIpc) is 2.98. The fraction of sp³-hybridized carbons (Fsp3) is 0.353. The maximum atomic E-state index is 13.3. The fourth-order valence-electron chi connectivity index (χ4n) is 3.04. The highest BCUT2D eigenvalue weighted by molar-refractivity contribution is 7.91. The van der Waals surface area contributed by atoms with Gasteiger partial charge in [0.05, 0.1) is 22.7 Å². The van der Waals surface area contributed by atoms with E-state index in [0.717, 1.165) is 12.5 Å². The summed E-state index contributed by atoms with van der Waals surface area (Å²) in [5.41, 5.74) is 0.386. The molecule has 0 radical (unpaired) electrons. The molecule has 29 heavy (non-hydrogen) atoms. The topological polar surface area (TPSA) is 114 Å². The van der Waals surface area contributed by atoms with Gasteiger partial charge in [-0.15, -0.1) is 0 Å². The van der Waals surface area contributed by atoms with Gasteiger partial charge in [-0.25, -0.2) is 26.8 Å². The number of amides is 1. The Hall–Kier alpha value is -1.75. The lowest BCUT2D eigenvalue weighted by Crippen LogP contribution is -2.41. The van der Waals surface area contributed by atoms with Crippen molar-refractivity contribution >= 4 is 48.8 Å². The Morgan fingerprint density at radius 3 is 2.62 bits per heavy atom. The summed E-state index contributed by atoms with van der Waals surface area (Å²) in [6.45, 7) is 0.0636. The van der Waals surface area contributed by atoms with Crippen molar-refractivity contribution in [3.05, 3.63) is 51.8 Å². The first-order valence-corrected chi connectivity index (χ1v) is 12.9. The van der Waals surface area contributed by atoms with Gasteiger partial charge in [-0.05, 0) is 24.1 Å². The molecule has 1 aliphatic heterocycles. The summed E-state index contributed by atoms with van der Waals surface area (Å²) >= 11 is 12.1. The molecule has 2 aromatic rings. The Kier molecular flexibility index (Phi) is 6.19. The van der Waals surface area contributed by atoms with E-state index in [1.54, 1.807) is 24.3 Å². The van der Waals surface area contributed by atoms with E-state index in [-0.39, 0.29) is 35.2 Å². The zero-order valence-corrected chi connectivity index (χ0v) is 18.4. The van der Waals surface area contributed by atoms with Crippen LogP contribution in [-0.4, -0.2) is 61.4 Å². The maximum absolute atomic E-state index is 13.3. The fourth-order valence-corrected chi connectivity index (χ4v) is 5.65. The van der Waals surface area contributed by atoms with E-state index >= 15 is 0 Å². The highest BCUT2D eigenvalue weighted by Gasteiger charge is 2.36. The quantitative estimate of drug-likeness (QED) is 0.604. The molecule has 156 valence electrons. The third-order valence-electron chi connectivity index (χ3n) is 4.41. The van der Waals surface area contributed by atoms with Gasteiger partial charge in [-0.3, -0.25) is 4.79 Å². The molecule has 0 saturated carbocycles. The third kappa shape index (κ3) is 5.25. The molecule has 12 heteroatoms. The van der Waals surface area contributed by atoms with E-state index in [1.165, 1.54) is 4.90 Å². The average molecular weight is 478 g/mol. The third-order valence-corrected chi connectivity index (χ3v) is 7.53. The van der Waals surface area contributed by atoms with Gasteiger partial charge in [0.2, 0.25) is 15.0 Å². The lowest BCUT2D eigenvalue weighted by Gasteiger charge is -2.28. The second-order valence-corrected chi connectivity index (χ2v) is 11.7. The number of aromatic nitrogens is 2. The molecule has 0 aliphatic carbocycles. The van der Waals surface area contributed by atoms with Crippen LogP contribution < -0.4 is 0 Å². The summed E-state index contributed by atoms with van der Waals surface area (Å²) in [5.74, 6) is -0.909. The minimum absolute atomic E-state index is 0.0386. The monoisotopic (exact) mass is 477 g/mol. The van der Waals surface area contributed by atoms with Crippen molar-refractivity contribution in [2.75, 3.05) is 17.8 Å². The van der Waals surface area contributed by atoms with Gasteiger partial charge in [0, 0.05) is 23.9 Å². The molecule has 1 aromatic carbocycles. The second-order valence-electron chi connectivity index (χ2n) is 6.74. The van der Waals surface area contributed by atoms with E-state index in [0.29, 0.717) is 10.6 Å². The van der Waals surface area contributed by atoms with Crippen LogP contribution in [0.1, 0.15) is 22.5 Å². The van der Waals surface area contributed by atoms with Gasteiger partial charge in [-0.2, -0.15) is 0 Å². The van der Waals surface area contributed by atoms with Crippen LogP contribution in [0.5, 0.6) is 0 Å². The van der Waals surface area contributed by atoms with Gasteiger partial charge >= 0.3 is 0 Å². The lowest BCUT2D eigenvalue weighted by atomic mass is 10.1. The highest BCUT2D eigenvalue weighted by Crippen LogP contribution is 2.25. The summed E-state index contributed by atoms with van der Waals surface area (Å²) in [5, 5.41) is -0.195. The molecule has 0 unspecified atom stereocenters. The Morgan fingerprint density at radius 2 is 2.03 bits per heavy atom. The first-order valence-electron chi connectivity index (χ1n) is 8.45. The van der Waals surface area contributed by atoms with Crippen LogP contribution in [0.4, 0.5) is 0 Å². The number of carbonyl (C=O) groups is 1. The summed E-state index contributed by atoms with van der Waals surface area (Å²) < 4.78 is 47.5. The Balaban J connectivity index is 2.03. The first kappa shape index (κ1) is 21.9. The number of rotatable bonds is 5. The second kappa shape index (κ2) is 8.17. The summed E-state index contributed by atoms with van der Waals surface area (Å²) in [7, 11) is -7.05. The number of nitrogens with zero attached hydrogens (tertiary/aromatic N) is 3. The van der Waals surface area contributed by atoms with E-state index in [1.807, 2.05) is 0 Å². The molecule has 0 N–H and O–H groups in total. The molecule has 1 saturated heterocycles. The van der Waals surface area contributed by atoms with Crippen LogP contribution in [0.15, 0.2) is 35.6 Å². The molecule has 1 aromatic heterocycles. The Labute approximate surface area is 178 Å². The van der Waals surface area contributed by atoms with Crippen molar-refractivity contribution in [3.8, 4) is 0 Å². The molecular weight excluding hydrogens is 461 g/mol. The highest BCUT2D eigenvalue weighted by atomic mass is 35.5. The van der Waals surface area contributed by atoms with E-state index in [2.05, 4.69) is 9.97 Å². The van der Waals surface area contributed by atoms with Crippen LogP contribution >= 0.6 is 23.2 Å². The van der Waals surface area contributed by atoms with Gasteiger partial charge in [0.15, 0.2) is 15.5 Å². The minimum Gasteiger partial charge on any atom is -0.329 e. The molecule has 8 nitrogen and oxygen atoms in total.